The van der Waals surface area contributed by atoms with E-state index in [4.69, 9.17) is 0 Å². The van der Waals surface area contributed by atoms with Gasteiger partial charge in [0.1, 0.15) is 0 Å². The zero-order valence-electron chi connectivity index (χ0n) is 18.5. The van der Waals surface area contributed by atoms with Crippen LogP contribution in [0.4, 0.5) is 0 Å². The van der Waals surface area contributed by atoms with Gasteiger partial charge in [0.2, 0.25) is 0 Å². The quantitative estimate of drug-likeness (QED) is 0.171. The third-order valence-corrected chi connectivity index (χ3v) is 20.0. The Kier molecular flexibility index (Phi) is 1.94. The van der Waals surface area contributed by atoms with E-state index >= 15 is 0 Å². The Morgan fingerprint density at radius 3 is 0.938 bits per heavy atom. The largest absolute Gasteiger partial charge is 0.0842 e. The molecule has 0 spiro atoms. The van der Waals surface area contributed by atoms with Crippen molar-refractivity contribution in [2.75, 3.05) is 0 Å². The number of alkyl halides is 1. The minimum Gasteiger partial charge on any atom is -0.0842 e. The average molecular weight is 533 g/mol. The second-order valence-corrected chi connectivity index (χ2v) is 18.0. The summed E-state index contributed by atoms with van der Waals surface area (Å²) in [5.74, 6) is 32.4. The van der Waals surface area contributed by atoms with Gasteiger partial charge in [-0.25, -0.2) is 0 Å². The fourth-order valence-electron chi connectivity index (χ4n) is 18.2. The molecule has 14 aliphatic rings. The van der Waals surface area contributed by atoms with Crippen molar-refractivity contribution < 1.29 is 0 Å². The Balaban J connectivity index is 0.805. The monoisotopic (exact) mass is 532 g/mol. The number of allylic oxidation sites excluding steroid dienone is 2. The second-order valence-electron chi connectivity index (χ2n) is 16.6. The SMILES string of the molecule is IC1C2C(C3C1C1C3C3C1C1C4C5C6CCC6C5C4C13)C1C2C2C3C4C5C=CC5C4C3C12. The molecule has 164 valence electrons. The molecule has 32 heavy (non-hydrogen) atoms. The van der Waals surface area contributed by atoms with E-state index in [9.17, 15) is 0 Å². The molecule has 0 aromatic rings. The molecular formula is C31H33I. The van der Waals surface area contributed by atoms with Gasteiger partial charge in [0, 0.05) is 3.92 Å². The van der Waals surface area contributed by atoms with Crippen LogP contribution in [0.25, 0.3) is 0 Å². The van der Waals surface area contributed by atoms with E-state index in [-0.39, 0.29) is 0 Å². The predicted octanol–water partition coefficient (Wildman–Crippen LogP) is 5.34. The fourth-order valence-corrected chi connectivity index (χ4v) is 20.1. The lowest BCUT2D eigenvalue weighted by Crippen LogP contribution is -2.90. The average Bonchev–Trinajstić information content (AvgIpc) is 2.89. The third-order valence-electron chi connectivity index (χ3n) is 18.3. The standard InChI is InChI=1S/C31H33I/c32-31-29-25-20-16-12-8-4-3-7(8)11(12)15(16)19(20)23(25)27(29)28-24-21-17-13-9-5-1-2-6(5)10(9)14(13)18(17)22(21)26(24)30(28)31/h3-31H,1-2H2. The highest BCUT2D eigenvalue weighted by molar-refractivity contribution is 14.1. The maximum atomic E-state index is 3.07. The van der Waals surface area contributed by atoms with E-state index < -0.39 is 0 Å². The first-order valence-corrected chi connectivity index (χ1v) is 16.4. The minimum atomic E-state index is 1.08. The van der Waals surface area contributed by atoms with E-state index in [0.29, 0.717) is 0 Å². The number of fused-ring (bicyclic) bond motifs is 36. The van der Waals surface area contributed by atoms with Crippen molar-refractivity contribution in [2.24, 2.45) is 154 Å². The van der Waals surface area contributed by atoms with Crippen molar-refractivity contribution in [3.63, 3.8) is 0 Å². The molecule has 13 fully saturated rings. The van der Waals surface area contributed by atoms with Crippen LogP contribution in [-0.4, -0.2) is 3.92 Å². The number of halogens is 1. The Labute approximate surface area is 204 Å². The van der Waals surface area contributed by atoms with E-state index in [2.05, 4.69) is 34.7 Å². The van der Waals surface area contributed by atoms with Crippen LogP contribution in [0.1, 0.15) is 12.8 Å². The molecule has 0 amide bonds. The number of rotatable bonds is 0. The molecule has 0 saturated heterocycles. The predicted molar refractivity (Wildman–Crippen MR) is 127 cm³/mol. The van der Waals surface area contributed by atoms with Crippen molar-refractivity contribution in [3.05, 3.63) is 12.2 Å². The molecule has 1 heteroatoms. The van der Waals surface area contributed by atoms with Crippen molar-refractivity contribution in [2.45, 2.75) is 16.8 Å². The van der Waals surface area contributed by atoms with Gasteiger partial charge in [-0.3, -0.25) is 0 Å². The number of hydrogen-bond acceptors (Lipinski definition) is 0. The lowest BCUT2D eigenvalue weighted by Gasteiger charge is -2.93. The van der Waals surface area contributed by atoms with Crippen LogP contribution in [0.2, 0.25) is 0 Å². The molecule has 0 nitrogen and oxygen atoms in total. The van der Waals surface area contributed by atoms with E-state index in [1.807, 2.05) is 0 Å². The van der Waals surface area contributed by atoms with Crippen LogP contribution in [0.5, 0.6) is 0 Å². The summed E-state index contributed by atoms with van der Waals surface area (Å²) >= 11 is 3.07. The van der Waals surface area contributed by atoms with E-state index in [1.54, 1.807) is 12.8 Å². The van der Waals surface area contributed by atoms with Gasteiger partial charge in [0.15, 0.2) is 0 Å². The molecule has 27 unspecified atom stereocenters. The van der Waals surface area contributed by atoms with E-state index in [0.717, 1.165) is 15.8 Å². The Bertz CT molecular complexity index is 1140. The third kappa shape index (κ3) is 1.00. The molecule has 0 aromatic heterocycles. The molecule has 0 heterocycles. The molecule has 0 N–H and O–H groups in total. The zero-order chi connectivity index (χ0) is 19.4. The molecule has 0 aliphatic heterocycles. The first-order chi connectivity index (χ1) is 15.9. The maximum absolute atomic E-state index is 3.07. The van der Waals surface area contributed by atoms with Crippen LogP contribution in [0, 0.1) is 154 Å². The Hall–Kier alpha value is 0.470. The van der Waals surface area contributed by atoms with Crippen molar-refractivity contribution >= 4 is 22.6 Å². The van der Waals surface area contributed by atoms with Crippen LogP contribution in [-0.2, 0) is 0 Å². The number of hydrogen-bond donors (Lipinski definition) is 0. The summed E-state index contributed by atoms with van der Waals surface area (Å²) in [6.07, 6.45) is 8.51. The van der Waals surface area contributed by atoms with Gasteiger partial charge in [0.25, 0.3) is 0 Å². The minimum absolute atomic E-state index is 1.08. The Morgan fingerprint density at radius 2 is 0.625 bits per heavy atom. The van der Waals surface area contributed by atoms with Crippen LogP contribution in [0.3, 0.4) is 0 Å². The summed E-state index contributed by atoms with van der Waals surface area (Å²) in [6.45, 7) is 0. The summed E-state index contributed by atoms with van der Waals surface area (Å²) in [6, 6.07) is 0. The fraction of sp³-hybridized carbons (Fsp3) is 0.935. The molecule has 0 aromatic carbocycles. The second kappa shape index (κ2) is 4.00. The summed E-state index contributed by atoms with van der Waals surface area (Å²) in [7, 11) is 0. The molecule has 27 atom stereocenters. The van der Waals surface area contributed by atoms with Crippen molar-refractivity contribution in [1.29, 1.82) is 0 Å². The first-order valence-electron chi connectivity index (χ1n) is 15.2. The molecule has 14 rings (SSSR count). The molecule has 14 aliphatic carbocycles. The van der Waals surface area contributed by atoms with Gasteiger partial charge in [-0.2, -0.15) is 0 Å². The normalized spacial score (nSPS) is 93.7. The van der Waals surface area contributed by atoms with Gasteiger partial charge in [-0.05, 0) is 167 Å². The molecule has 0 bridgehead atoms. The van der Waals surface area contributed by atoms with Crippen molar-refractivity contribution in [3.8, 4) is 0 Å². The topological polar surface area (TPSA) is 0 Å². The molecule has 13 saturated carbocycles. The lowest BCUT2D eigenvalue weighted by molar-refractivity contribution is -0.462. The highest BCUT2D eigenvalue weighted by atomic mass is 127. The zero-order valence-corrected chi connectivity index (χ0v) is 20.7. The summed E-state index contributed by atoms with van der Waals surface area (Å²) in [5, 5.41) is 0. The summed E-state index contributed by atoms with van der Waals surface area (Å²) < 4.78 is 1.11. The van der Waals surface area contributed by atoms with Gasteiger partial charge >= 0.3 is 0 Å². The molecular weight excluding hydrogens is 499 g/mol. The van der Waals surface area contributed by atoms with Gasteiger partial charge in [-0.1, -0.05) is 34.7 Å². The smallest absolute Gasteiger partial charge is 0.0177 e. The lowest BCUT2D eigenvalue weighted by atomic mass is 9.11. The van der Waals surface area contributed by atoms with Crippen molar-refractivity contribution in [1.82, 2.24) is 0 Å². The van der Waals surface area contributed by atoms with Crippen LogP contribution in [0.15, 0.2) is 12.2 Å². The summed E-state index contributed by atoms with van der Waals surface area (Å²) in [4.78, 5) is 0. The molecule has 0 radical (unpaired) electrons. The Morgan fingerprint density at radius 1 is 0.344 bits per heavy atom. The first kappa shape index (κ1) is 15.6. The van der Waals surface area contributed by atoms with Gasteiger partial charge in [-0.15, -0.1) is 0 Å². The van der Waals surface area contributed by atoms with Gasteiger partial charge < -0.3 is 0 Å². The van der Waals surface area contributed by atoms with Crippen LogP contribution < -0.4 is 0 Å². The highest BCUT2D eigenvalue weighted by Crippen LogP contribution is 2.96. The summed E-state index contributed by atoms with van der Waals surface area (Å²) in [5.41, 5.74) is 0. The maximum Gasteiger partial charge on any atom is 0.0177 e. The van der Waals surface area contributed by atoms with E-state index in [1.165, 1.54) is 142 Å². The highest BCUT2D eigenvalue weighted by Gasteiger charge is 2.93. The van der Waals surface area contributed by atoms with Crippen LogP contribution >= 0.6 is 22.6 Å². The van der Waals surface area contributed by atoms with Gasteiger partial charge in [0.05, 0.1) is 0 Å².